The number of methoxy groups -OCH3 is 1. The zero-order valence-electron chi connectivity index (χ0n) is 15.4. The van der Waals surface area contributed by atoms with Crippen LogP contribution in [0.3, 0.4) is 0 Å². The third-order valence-electron chi connectivity index (χ3n) is 3.88. The van der Waals surface area contributed by atoms with Crippen LogP contribution in [0.4, 0.5) is 0 Å². The van der Waals surface area contributed by atoms with Crippen molar-refractivity contribution in [3.63, 3.8) is 0 Å². The molecule has 1 aromatic heterocycles. The molecule has 1 N–H and O–H groups in total. The summed E-state index contributed by atoms with van der Waals surface area (Å²) >= 11 is 6.92. The Bertz CT molecular complexity index is 1010. The average molecular weight is 519 g/mol. The van der Waals surface area contributed by atoms with Crippen molar-refractivity contribution < 1.29 is 14.3 Å². The third-order valence-corrected chi connectivity index (χ3v) is 5.10. The minimum atomic E-state index is -0.341. The van der Waals surface area contributed by atoms with Gasteiger partial charge in [-0.2, -0.15) is 5.10 Å². The van der Waals surface area contributed by atoms with Crippen LogP contribution in [0.1, 0.15) is 21.5 Å². The minimum Gasteiger partial charge on any atom is -0.493 e. The van der Waals surface area contributed by atoms with Crippen LogP contribution in [0.5, 0.6) is 11.5 Å². The van der Waals surface area contributed by atoms with Crippen molar-refractivity contribution in [1.29, 1.82) is 0 Å². The highest BCUT2D eigenvalue weighted by atomic mass is 79.9. The fourth-order valence-corrected chi connectivity index (χ4v) is 3.07. The Morgan fingerprint density at radius 3 is 2.66 bits per heavy atom. The summed E-state index contributed by atoms with van der Waals surface area (Å²) in [6, 6.07) is 14.8. The van der Waals surface area contributed by atoms with E-state index in [4.69, 9.17) is 9.47 Å². The number of hydrogen-bond acceptors (Lipinski definition) is 5. The maximum Gasteiger partial charge on any atom is 0.272 e. The molecule has 3 aromatic rings. The van der Waals surface area contributed by atoms with Gasteiger partial charge in [-0.25, -0.2) is 5.43 Å². The molecule has 0 spiro atoms. The van der Waals surface area contributed by atoms with E-state index in [1.54, 1.807) is 31.5 Å². The fourth-order valence-electron chi connectivity index (χ4n) is 2.39. The van der Waals surface area contributed by atoms with Crippen LogP contribution in [0.25, 0.3) is 0 Å². The number of hydrazone groups is 1. The largest absolute Gasteiger partial charge is 0.493 e. The second kappa shape index (κ2) is 10.2. The summed E-state index contributed by atoms with van der Waals surface area (Å²) in [5.74, 6) is 0.816. The number of benzene rings is 2. The van der Waals surface area contributed by atoms with Gasteiger partial charge in [-0.1, -0.05) is 28.1 Å². The van der Waals surface area contributed by atoms with E-state index in [0.29, 0.717) is 23.7 Å². The molecule has 1 amide bonds. The van der Waals surface area contributed by atoms with E-state index in [2.05, 4.69) is 47.4 Å². The molecule has 29 heavy (non-hydrogen) atoms. The molecule has 0 aliphatic carbocycles. The maximum atomic E-state index is 12.0. The van der Waals surface area contributed by atoms with E-state index in [1.807, 2.05) is 30.3 Å². The highest BCUT2D eigenvalue weighted by Crippen LogP contribution is 2.33. The Labute approximate surface area is 185 Å². The number of rotatable bonds is 7. The maximum absolute atomic E-state index is 12.0. The SMILES string of the molecule is COc1cc(/C=N/NC(=O)c2cccnc2)c(Br)cc1OCc1ccc(Br)cc1. The molecule has 0 bridgehead atoms. The molecule has 0 saturated heterocycles. The summed E-state index contributed by atoms with van der Waals surface area (Å²) in [5, 5.41) is 4.00. The monoisotopic (exact) mass is 517 g/mol. The molecule has 6 nitrogen and oxygen atoms in total. The van der Waals surface area contributed by atoms with Gasteiger partial charge < -0.3 is 9.47 Å². The van der Waals surface area contributed by atoms with Gasteiger partial charge >= 0.3 is 0 Å². The van der Waals surface area contributed by atoms with Crippen molar-refractivity contribution in [3.8, 4) is 11.5 Å². The standard InChI is InChI=1S/C21H17Br2N3O3/c1-28-19-9-16(12-25-26-21(27)15-3-2-8-24-11-15)18(23)10-20(19)29-13-14-4-6-17(22)7-5-14/h2-12H,13H2,1H3,(H,26,27)/b25-12+. The Morgan fingerprint density at radius 1 is 1.17 bits per heavy atom. The van der Waals surface area contributed by atoms with Gasteiger partial charge in [-0.15, -0.1) is 0 Å². The molecule has 0 radical (unpaired) electrons. The van der Waals surface area contributed by atoms with Gasteiger partial charge in [-0.05, 0) is 57.9 Å². The highest BCUT2D eigenvalue weighted by molar-refractivity contribution is 9.10. The number of pyridine rings is 1. The number of nitrogens with zero attached hydrogens (tertiary/aromatic N) is 2. The first-order chi connectivity index (χ1) is 14.1. The number of aromatic nitrogens is 1. The van der Waals surface area contributed by atoms with Gasteiger partial charge in [0.15, 0.2) is 11.5 Å². The third kappa shape index (κ3) is 5.88. The Balaban J connectivity index is 1.68. The van der Waals surface area contributed by atoms with Crippen molar-refractivity contribution in [3.05, 3.63) is 86.6 Å². The Morgan fingerprint density at radius 2 is 1.97 bits per heavy atom. The van der Waals surface area contributed by atoms with Crippen LogP contribution in [-0.2, 0) is 6.61 Å². The lowest BCUT2D eigenvalue weighted by molar-refractivity contribution is 0.0955. The lowest BCUT2D eigenvalue weighted by Gasteiger charge is -2.13. The summed E-state index contributed by atoms with van der Waals surface area (Å²) in [4.78, 5) is 15.9. The molecule has 0 saturated carbocycles. The minimum absolute atomic E-state index is 0.341. The first-order valence-corrected chi connectivity index (χ1v) is 10.1. The van der Waals surface area contributed by atoms with Crippen LogP contribution in [0, 0.1) is 0 Å². The Kier molecular flexibility index (Phi) is 7.37. The number of carbonyl (C=O) groups excluding carboxylic acids is 1. The molecule has 0 fully saturated rings. The molecule has 0 atom stereocenters. The number of ether oxygens (including phenoxy) is 2. The molecule has 3 rings (SSSR count). The van der Waals surface area contributed by atoms with Crippen LogP contribution < -0.4 is 14.9 Å². The normalized spacial score (nSPS) is 10.7. The predicted octanol–water partition coefficient (Wildman–Crippen LogP) is 4.96. The topological polar surface area (TPSA) is 72.8 Å². The summed E-state index contributed by atoms with van der Waals surface area (Å²) in [6.07, 6.45) is 4.60. The second-order valence-corrected chi connectivity index (χ2v) is 7.65. The molecule has 2 aromatic carbocycles. The van der Waals surface area contributed by atoms with Gasteiger partial charge in [0.05, 0.1) is 18.9 Å². The van der Waals surface area contributed by atoms with Gasteiger partial charge in [-0.3, -0.25) is 9.78 Å². The second-order valence-electron chi connectivity index (χ2n) is 5.88. The quantitative estimate of drug-likeness (QED) is 0.354. The van der Waals surface area contributed by atoms with Crippen molar-refractivity contribution in [2.75, 3.05) is 7.11 Å². The number of nitrogens with one attached hydrogen (secondary N) is 1. The van der Waals surface area contributed by atoms with E-state index >= 15 is 0 Å². The van der Waals surface area contributed by atoms with Gasteiger partial charge in [0.1, 0.15) is 6.61 Å². The van der Waals surface area contributed by atoms with E-state index in [-0.39, 0.29) is 5.91 Å². The fraction of sp³-hybridized carbons (Fsp3) is 0.0952. The summed E-state index contributed by atoms with van der Waals surface area (Å²) < 4.78 is 13.1. The zero-order valence-corrected chi connectivity index (χ0v) is 18.6. The average Bonchev–Trinajstić information content (AvgIpc) is 2.75. The number of halogens is 2. The molecule has 1 heterocycles. The van der Waals surface area contributed by atoms with Gasteiger partial charge in [0.2, 0.25) is 0 Å². The zero-order chi connectivity index (χ0) is 20.6. The van der Waals surface area contributed by atoms with Crippen LogP contribution in [0.15, 0.2) is 75.0 Å². The lowest BCUT2D eigenvalue weighted by Crippen LogP contribution is -2.17. The van der Waals surface area contributed by atoms with Crippen LogP contribution in [-0.4, -0.2) is 24.2 Å². The van der Waals surface area contributed by atoms with Crippen LogP contribution in [0.2, 0.25) is 0 Å². The molecular formula is C21H17Br2N3O3. The van der Waals surface area contributed by atoms with Crippen molar-refractivity contribution in [1.82, 2.24) is 10.4 Å². The van der Waals surface area contributed by atoms with E-state index < -0.39 is 0 Å². The van der Waals surface area contributed by atoms with E-state index in [9.17, 15) is 4.79 Å². The number of amides is 1. The van der Waals surface area contributed by atoms with Gasteiger partial charge in [0, 0.05) is 26.9 Å². The molecule has 148 valence electrons. The van der Waals surface area contributed by atoms with Crippen LogP contribution >= 0.6 is 31.9 Å². The first-order valence-electron chi connectivity index (χ1n) is 8.55. The van der Waals surface area contributed by atoms with E-state index in [0.717, 1.165) is 20.1 Å². The predicted molar refractivity (Wildman–Crippen MR) is 118 cm³/mol. The van der Waals surface area contributed by atoms with Gasteiger partial charge in [0.25, 0.3) is 5.91 Å². The number of carbonyl (C=O) groups is 1. The molecule has 8 heteroatoms. The number of hydrogen-bond donors (Lipinski definition) is 1. The molecule has 0 aliphatic heterocycles. The molecular weight excluding hydrogens is 502 g/mol. The van der Waals surface area contributed by atoms with Crippen molar-refractivity contribution >= 4 is 44.0 Å². The lowest BCUT2D eigenvalue weighted by atomic mass is 10.2. The van der Waals surface area contributed by atoms with E-state index in [1.165, 1.54) is 12.4 Å². The summed E-state index contributed by atoms with van der Waals surface area (Å²) in [6.45, 7) is 0.407. The van der Waals surface area contributed by atoms with Crippen molar-refractivity contribution in [2.45, 2.75) is 6.61 Å². The highest BCUT2D eigenvalue weighted by Gasteiger charge is 2.10. The summed E-state index contributed by atoms with van der Waals surface area (Å²) in [7, 11) is 1.57. The molecule has 0 aliphatic rings. The summed E-state index contributed by atoms with van der Waals surface area (Å²) in [5.41, 5.74) is 4.66. The first kappa shape index (κ1) is 21.0. The molecule has 0 unspecified atom stereocenters. The van der Waals surface area contributed by atoms with Crippen molar-refractivity contribution in [2.24, 2.45) is 5.10 Å². The Hall–Kier alpha value is -2.71. The smallest absolute Gasteiger partial charge is 0.272 e.